The lowest BCUT2D eigenvalue weighted by Crippen LogP contribution is -2.05. The summed E-state index contributed by atoms with van der Waals surface area (Å²) in [6.07, 6.45) is 1.60. The summed E-state index contributed by atoms with van der Waals surface area (Å²) in [5, 5.41) is 0. The van der Waals surface area contributed by atoms with Crippen LogP contribution in [0.3, 0.4) is 0 Å². The molecule has 0 saturated carbocycles. The lowest BCUT2D eigenvalue weighted by Gasteiger charge is -2.10. The van der Waals surface area contributed by atoms with Crippen molar-refractivity contribution < 1.29 is 18.7 Å². The molecule has 1 aliphatic rings. The Hall–Kier alpha value is -3.25. The fourth-order valence-corrected chi connectivity index (χ4v) is 3.04. The van der Waals surface area contributed by atoms with Crippen LogP contribution in [0.4, 0.5) is 4.39 Å². The number of halogens is 2. The molecule has 1 aliphatic heterocycles. The van der Waals surface area contributed by atoms with Crippen molar-refractivity contribution in [3.8, 4) is 5.75 Å². The highest BCUT2D eigenvalue weighted by Gasteiger charge is 2.24. The van der Waals surface area contributed by atoms with Gasteiger partial charge < -0.3 is 9.47 Å². The molecular formula is C23H15BrFNO3. The van der Waals surface area contributed by atoms with Crippen molar-refractivity contribution in [3.05, 3.63) is 105 Å². The van der Waals surface area contributed by atoms with Gasteiger partial charge >= 0.3 is 5.97 Å². The van der Waals surface area contributed by atoms with Crippen molar-refractivity contribution in [1.29, 1.82) is 0 Å². The zero-order valence-electron chi connectivity index (χ0n) is 15.1. The van der Waals surface area contributed by atoms with E-state index in [0.29, 0.717) is 22.4 Å². The summed E-state index contributed by atoms with van der Waals surface area (Å²) in [7, 11) is 0. The van der Waals surface area contributed by atoms with Gasteiger partial charge in [-0.1, -0.05) is 52.3 Å². The second kappa shape index (κ2) is 8.41. The van der Waals surface area contributed by atoms with Gasteiger partial charge in [-0.05, 0) is 42.5 Å². The number of carbonyl (C=O) groups excluding carboxylic acids is 1. The third-order valence-electron chi connectivity index (χ3n) is 4.26. The maximum Gasteiger partial charge on any atom is 0.363 e. The Morgan fingerprint density at radius 2 is 1.72 bits per heavy atom. The minimum absolute atomic E-state index is 0.0741. The molecule has 0 amide bonds. The predicted octanol–water partition coefficient (Wildman–Crippen LogP) is 5.51. The van der Waals surface area contributed by atoms with E-state index in [2.05, 4.69) is 20.9 Å². The Morgan fingerprint density at radius 1 is 1.00 bits per heavy atom. The number of benzene rings is 3. The van der Waals surface area contributed by atoms with Gasteiger partial charge in [-0.15, -0.1) is 0 Å². The third kappa shape index (κ3) is 4.43. The minimum Gasteiger partial charge on any atom is -0.488 e. The van der Waals surface area contributed by atoms with Crippen LogP contribution in [0, 0.1) is 5.82 Å². The van der Waals surface area contributed by atoms with Gasteiger partial charge in [0, 0.05) is 21.2 Å². The van der Waals surface area contributed by atoms with Gasteiger partial charge in [0.05, 0.1) is 0 Å². The van der Waals surface area contributed by atoms with Crippen LogP contribution in [0.1, 0.15) is 16.7 Å². The predicted molar refractivity (Wildman–Crippen MR) is 112 cm³/mol. The molecule has 6 heteroatoms. The van der Waals surface area contributed by atoms with Gasteiger partial charge in [0.15, 0.2) is 5.70 Å². The van der Waals surface area contributed by atoms with E-state index >= 15 is 0 Å². The Kier molecular flexibility index (Phi) is 5.53. The molecule has 0 radical (unpaired) electrons. The van der Waals surface area contributed by atoms with Gasteiger partial charge in [0.25, 0.3) is 0 Å². The quantitative estimate of drug-likeness (QED) is 0.379. The Morgan fingerprint density at radius 3 is 2.52 bits per heavy atom. The average Bonchev–Trinajstić information content (AvgIpc) is 3.09. The number of rotatable bonds is 5. The molecular weight excluding hydrogens is 437 g/mol. The lowest BCUT2D eigenvalue weighted by molar-refractivity contribution is -0.129. The fourth-order valence-electron chi connectivity index (χ4n) is 2.77. The topological polar surface area (TPSA) is 47.9 Å². The van der Waals surface area contributed by atoms with E-state index in [1.54, 1.807) is 36.4 Å². The monoisotopic (exact) mass is 451 g/mol. The van der Waals surface area contributed by atoms with Gasteiger partial charge in [0.2, 0.25) is 5.90 Å². The molecule has 0 aliphatic carbocycles. The minimum atomic E-state index is -0.535. The van der Waals surface area contributed by atoms with Crippen molar-refractivity contribution in [1.82, 2.24) is 0 Å². The van der Waals surface area contributed by atoms with Crippen LogP contribution in [0.5, 0.6) is 5.75 Å². The molecule has 0 fully saturated rings. The molecule has 4 nitrogen and oxygen atoms in total. The number of para-hydroxylation sites is 1. The summed E-state index contributed by atoms with van der Waals surface area (Å²) in [6, 6.07) is 20.9. The highest BCUT2D eigenvalue weighted by Crippen LogP contribution is 2.26. The Bertz CT molecular complexity index is 1120. The first kappa shape index (κ1) is 19.1. The highest BCUT2D eigenvalue weighted by atomic mass is 79.9. The van der Waals surface area contributed by atoms with Crippen molar-refractivity contribution in [3.63, 3.8) is 0 Å². The zero-order chi connectivity index (χ0) is 20.2. The number of nitrogens with zero attached hydrogens (tertiary/aromatic N) is 1. The SMILES string of the molecule is O=C1OC(c2ccc(Br)cc2)=N/C1=C\c1ccccc1OCc1ccccc1F. The second-order valence-electron chi connectivity index (χ2n) is 6.26. The molecule has 4 rings (SSSR count). The molecule has 0 saturated heterocycles. The second-order valence-corrected chi connectivity index (χ2v) is 7.18. The van der Waals surface area contributed by atoms with Gasteiger partial charge in [-0.2, -0.15) is 0 Å². The summed E-state index contributed by atoms with van der Waals surface area (Å²) in [5.41, 5.74) is 1.97. The molecule has 1 heterocycles. The number of carbonyl (C=O) groups is 1. The first-order chi connectivity index (χ1) is 14.1. The van der Waals surface area contributed by atoms with Crippen molar-refractivity contribution in [2.75, 3.05) is 0 Å². The largest absolute Gasteiger partial charge is 0.488 e. The molecule has 0 bridgehead atoms. The smallest absolute Gasteiger partial charge is 0.363 e. The van der Waals surface area contributed by atoms with Crippen LogP contribution in [0.2, 0.25) is 0 Å². The molecule has 144 valence electrons. The molecule has 0 spiro atoms. The lowest BCUT2D eigenvalue weighted by atomic mass is 10.1. The van der Waals surface area contributed by atoms with Crippen LogP contribution in [0.15, 0.2) is 88.0 Å². The van der Waals surface area contributed by atoms with Gasteiger partial charge in [-0.25, -0.2) is 14.2 Å². The van der Waals surface area contributed by atoms with E-state index in [9.17, 15) is 9.18 Å². The first-order valence-electron chi connectivity index (χ1n) is 8.84. The van der Waals surface area contributed by atoms with Crippen molar-refractivity contribution in [2.24, 2.45) is 4.99 Å². The first-order valence-corrected chi connectivity index (χ1v) is 9.63. The van der Waals surface area contributed by atoms with Crippen LogP contribution < -0.4 is 4.74 Å². The molecule has 29 heavy (non-hydrogen) atoms. The average molecular weight is 452 g/mol. The maximum atomic E-state index is 13.8. The van der Waals surface area contributed by atoms with Crippen LogP contribution in [-0.2, 0) is 16.1 Å². The van der Waals surface area contributed by atoms with E-state index in [-0.39, 0.29) is 24.0 Å². The third-order valence-corrected chi connectivity index (χ3v) is 4.79. The van der Waals surface area contributed by atoms with Gasteiger partial charge in [-0.3, -0.25) is 0 Å². The molecule has 3 aromatic rings. The van der Waals surface area contributed by atoms with E-state index in [1.165, 1.54) is 6.07 Å². The van der Waals surface area contributed by atoms with E-state index < -0.39 is 5.97 Å². The maximum absolute atomic E-state index is 13.8. The number of aliphatic imine (C=N–C) groups is 1. The number of cyclic esters (lactones) is 1. The molecule has 0 N–H and O–H groups in total. The summed E-state index contributed by atoms with van der Waals surface area (Å²) < 4.78 is 25.8. The number of hydrogen-bond donors (Lipinski definition) is 0. The van der Waals surface area contributed by atoms with E-state index in [4.69, 9.17) is 9.47 Å². The highest BCUT2D eigenvalue weighted by molar-refractivity contribution is 9.10. The fraction of sp³-hybridized carbons (Fsp3) is 0.0435. The molecule has 0 unspecified atom stereocenters. The van der Waals surface area contributed by atoms with Gasteiger partial charge in [0.1, 0.15) is 18.2 Å². The standard InChI is InChI=1S/C23H15BrFNO3/c24-18-11-9-15(10-12-18)22-26-20(23(27)29-22)13-16-5-2-4-8-21(16)28-14-17-6-1-3-7-19(17)25/h1-13H,14H2/b20-13-. The van der Waals surface area contributed by atoms with Crippen LogP contribution in [-0.4, -0.2) is 11.9 Å². The number of ether oxygens (including phenoxy) is 2. The summed E-state index contributed by atoms with van der Waals surface area (Å²) in [6.45, 7) is 0.0741. The number of hydrogen-bond acceptors (Lipinski definition) is 4. The summed E-state index contributed by atoms with van der Waals surface area (Å²) in [5.74, 6) is -0.0971. The zero-order valence-corrected chi connectivity index (χ0v) is 16.7. The van der Waals surface area contributed by atoms with E-state index in [1.807, 2.05) is 36.4 Å². The Balaban J connectivity index is 1.58. The van der Waals surface area contributed by atoms with E-state index in [0.717, 1.165) is 4.47 Å². The van der Waals surface area contributed by atoms with Crippen LogP contribution in [0.25, 0.3) is 6.08 Å². The molecule has 3 aromatic carbocycles. The molecule has 0 atom stereocenters. The summed E-state index contributed by atoms with van der Waals surface area (Å²) in [4.78, 5) is 16.6. The Labute approximate surface area is 175 Å². The molecule has 0 aromatic heterocycles. The van der Waals surface area contributed by atoms with Crippen molar-refractivity contribution in [2.45, 2.75) is 6.61 Å². The normalized spacial score (nSPS) is 14.6. The van der Waals surface area contributed by atoms with Crippen LogP contribution >= 0.6 is 15.9 Å². The number of esters is 1. The van der Waals surface area contributed by atoms with Crippen molar-refractivity contribution >= 4 is 33.9 Å². The summed E-state index contributed by atoms with van der Waals surface area (Å²) >= 11 is 3.37.